The van der Waals surface area contributed by atoms with Crippen LogP contribution in [0.4, 0.5) is 0 Å². The molecule has 0 saturated carbocycles. The van der Waals surface area contributed by atoms with E-state index in [0.29, 0.717) is 44.9 Å². The topological polar surface area (TPSA) is 85.0 Å². The molecule has 8 rings (SSSR count). The van der Waals surface area contributed by atoms with Crippen LogP contribution < -0.4 is 4.74 Å². The van der Waals surface area contributed by atoms with Gasteiger partial charge in [-0.3, -0.25) is 4.68 Å². The second-order valence-corrected chi connectivity index (χ2v) is 13.2. The fraction of sp³-hybridized carbons (Fsp3) is 0.405. The van der Waals surface area contributed by atoms with Crippen LogP contribution in [0.25, 0.3) is 10.8 Å². The standard InChI is InChI=1S/C37H41N5O4/c1-23-30-26(14-10-20-46-29-15-9-12-24-11-5-6-13-25(24)29)33(36(43)44)42-16-7-8-19-45-22-27-31-28(40(4)38-27)21-41-18-17-39(3)32(23)35(41)37(31,2)34(30)42/h5-9,11-13,15,23H,10,14,16-22H2,1-4H3,(H,43,44)/b8-7-. The van der Waals surface area contributed by atoms with Crippen LogP contribution in [0.1, 0.15) is 70.4 Å². The molecule has 2 aromatic carbocycles. The van der Waals surface area contributed by atoms with Crippen LogP contribution in [0, 0.1) is 0 Å². The maximum atomic E-state index is 13.3. The minimum absolute atomic E-state index is 0.0336. The third kappa shape index (κ3) is 4.10. The number of allylic oxidation sites excluding steroid dienone is 3. The largest absolute Gasteiger partial charge is 0.493 e. The van der Waals surface area contributed by atoms with Gasteiger partial charge in [0.15, 0.2) is 0 Å². The SMILES string of the molecule is CC1C2=C3N(CCN2C)Cc2c4c(nn2C)COC/C=C\Cn2c(C(=O)O)c(CCCOc5cccc6ccccc56)c1c2C34C. The number of likely N-dealkylation sites (N-methyl/N-ethyl adjacent to an activating group) is 1. The average molecular weight is 620 g/mol. The van der Waals surface area contributed by atoms with Crippen LogP contribution in [0.2, 0.25) is 0 Å². The van der Waals surface area contributed by atoms with Crippen molar-refractivity contribution in [3.8, 4) is 5.75 Å². The maximum Gasteiger partial charge on any atom is 0.352 e. The van der Waals surface area contributed by atoms with E-state index in [2.05, 4.69) is 59.5 Å². The zero-order valence-electron chi connectivity index (χ0n) is 27.0. The quantitative estimate of drug-likeness (QED) is 0.223. The van der Waals surface area contributed by atoms with Gasteiger partial charge in [0, 0.05) is 62.0 Å². The number of nitrogens with zero attached hydrogens (tertiary/aromatic N) is 5. The summed E-state index contributed by atoms with van der Waals surface area (Å²) in [5.41, 5.74) is 8.81. The fourth-order valence-corrected chi connectivity index (χ4v) is 8.86. The smallest absolute Gasteiger partial charge is 0.352 e. The molecule has 46 heavy (non-hydrogen) atoms. The molecule has 0 amide bonds. The van der Waals surface area contributed by atoms with Crippen molar-refractivity contribution in [1.82, 2.24) is 24.1 Å². The van der Waals surface area contributed by atoms with E-state index in [9.17, 15) is 9.90 Å². The van der Waals surface area contributed by atoms with Gasteiger partial charge in [0.2, 0.25) is 0 Å². The Hall–Kier alpha value is -4.50. The number of carboxylic acid groups (broad SMARTS) is 1. The average Bonchev–Trinajstić information content (AvgIpc) is 3.54. The first-order valence-corrected chi connectivity index (χ1v) is 16.4. The van der Waals surface area contributed by atoms with Crippen LogP contribution in [-0.4, -0.2) is 68.6 Å². The molecule has 0 bridgehead atoms. The molecular weight excluding hydrogens is 578 g/mol. The van der Waals surface area contributed by atoms with Gasteiger partial charge in [-0.2, -0.15) is 5.10 Å². The highest BCUT2D eigenvalue weighted by molar-refractivity contribution is 5.90. The van der Waals surface area contributed by atoms with Crippen LogP contribution in [0.5, 0.6) is 5.75 Å². The van der Waals surface area contributed by atoms with Gasteiger partial charge in [0.1, 0.15) is 11.4 Å². The second kappa shape index (κ2) is 10.8. The number of carbonyl (C=O) groups is 1. The molecule has 0 fully saturated rings. The van der Waals surface area contributed by atoms with E-state index in [-0.39, 0.29) is 5.92 Å². The van der Waals surface area contributed by atoms with Crippen molar-refractivity contribution in [2.75, 3.05) is 33.4 Å². The Kier molecular flexibility index (Phi) is 6.79. The Labute approximate surface area is 269 Å². The number of hydrogen-bond donors (Lipinski definition) is 1. The number of carboxylic acids is 1. The van der Waals surface area contributed by atoms with E-state index in [1.54, 1.807) is 0 Å². The highest BCUT2D eigenvalue weighted by atomic mass is 16.5. The molecule has 5 heterocycles. The van der Waals surface area contributed by atoms with E-state index >= 15 is 0 Å². The fourth-order valence-electron chi connectivity index (χ4n) is 8.86. The van der Waals surface area contributed by atoms with Gasteiger partial charge >= 0.3 is 5.97 Å². The van der Waals surface area contributed by atoms with E-state index in [1.165, 1.54) is 22.7 Å². The molecular formula is C37H41N5O4. The third-order valence-electron chi connectivity index (χ3n) is 10.6. The minimum atomic E-state index is -0.889. The molecule has 2 aromatic heterocycles. The summed E-state index contributed by atoms with van der Waals surface area (Å²) < 4.78 is 16.6. The number of aryl methyl sites for hydroxylation is 1. The highest BCUT2D eigenvalue weighted by Gasteiger charge is 2.56. The van der Waals surface area contributed by atoms with Crippen molar-refractivity contribution in [3.05, 3.63) is 105 Å². The lowest BCUT2D eigenvalue weighted by atomic mass is 9.64. The van der Waals surface area contributed by atoms with Crippen molar-refractivity contribution >= 4 is 16.7 Å². The van der Waals surface area contributed by atoms with Crippen LogP contribution in [-0.2, 0) is 43.3 Å². The first-order valence-electron chi connectivity index (χ1n) is 16.4. The summed E-state index contributed by atoms with van der Waals surface area (Å²) in [5.74, 6) is 0.00275. The molecule has 2 atom stereocenters. The number of benzene rings is 2. The van der Waals surface area contributed by atoms with Crippen molar-refractivity contribution in [2.45, 2.75) is 57.7 Å². The Morgan fingerprint density at radius 2 is 1.96 bits per heavy atom. The second-order valence-electron chi connectivity index (χ2n) is 13.2. The summed E-state index contributed by atoms with van der Waals surface area (Å²) in [6.45, 7) is 9.01. The molecule has 9 heteroatoms. The lowest BCUT2D eigenvalue weighted by Crippen LogP contribution is -2.54. The van der Waals surface area contributed by atoms with E-state index in [0.717, 1.165) is 58.7 Å². The van der Waals surface area contributed by atoms with Crippen molar-refractivity contribution < 1.29 is 19.4 Å². The predicted molar refractivity (Wildman–Crippen MR) is 176 cm³/mol. The molecule has 9 nitrogen and oxygen atoms in total. The Balaban J connectivity index is 1.29. The first kappa shape index (κ1) is 28.9. The Morgan fingerprint density at radius 1 is 1.13 bits per heavy atom. The number of fused-ring (bicyclic) bond motifs is 1. The molecule has 238 valence electrons. The molecule has 4 aromatic rings. The van der Waals surface area contributed by atoms with E-state index in [4.69, 9.17) is 14.6 Å². The summed E-state index contributed by atoms with van der Waals surface area (Å²) >= 11 is 0. The zero-order valence-corrected chi connectivity index (χ0v) is 27.0. The maximum absolute atomic E-state index is 13.3. The van der Waals surface area contributed by atoms with Gasteiger partial charge in [0.25, 0.3) is 0 Å². The molecule has 0 spiro atoms. The van der Waals surface area contributed by atoms with Crippen LogP contribution in [0.15, 0.2) is 66.0 Å². The monoisotopic (exact) mass is 619 g/mol. The van der Waals surface area contributed by atoms with Crippen LogP contribution in [0.3, 0.4) is 0 Å². The predicted octanol–water partition coefficient (Wildman–Crippen LogP) is 5.57. The number of hydrogen-bond acceptors (Lipinski definition) is 6. The van der Waals surface area contributed by atoms with Gasteiger partial charge in [0.05, 0.1) is 48.9 Å². The molecule has 4 aliphatic rings. The molecule has 3 aliphatic heterocycles. The molecule has 2 unspecified atom stereocenters. The van der Waals surface area contributed by atoms with Gasteiger partial charge in [-0.05, 0) is 42.3 Å². The van der Waals surface area contributed by atoms with Gasteiger partial charge < -0.3 is 28.9 Å². The van der Waals surface area contributed by atoms with E-state index < -0.39 is 11.4 Å². The van der Waals surface area contributed by atoms with Gasteiger partial charge in [-0.1, -0.05) is 55.5 Å². The number of rotatable bonds is 6. The number of aromatic nitrogens is 3. The van der Waals surface area contributed by atoms with E-state index in [1.807, 2.05) is 42.1 Å². The summed E-state index contributed by atoms with van der Waals surface area (Å²) in [5, 5.41) is 18.2. The lowest BCUT2D eigenvalue weighted by Gasteiger charge is -2.54. The molecule has 1 N–H and O–H groups in total. The van der Waals surface area contributed by atoms with Crippen molar-refractivity contribution in [1.29, 1.82) is 0 Å². The summed E-state index contributed by atoms with van der Waals surface area (Å²) in [6, 6.07) is 14.4. The normalized spacial score (nSPS) is 22.5. The summed E-state index contributed by atoms with van der Waals surface area (Å²) in [6.07, 6.45) is 5.36. The molecule has 0 radical (unpaired) electrons. The zero-order chi connectivity index (χ0) is 31.7. The highest BCUT2D eigenvalue weighted by Crippen LogP contribution is 2.58. The Bertz CT molecular complexity index is 1940. The third-order valence-corrected chi connectivity index (χ3v) is 10.6. The first-order chi connectivity index (χ1) is 22.3. The summed E-state index contributed by atoms with van der Waals surface area (Å²) in [7, 11) is 4.21. The molecule has 0 saturated heterocycles. The van der Waals surface area contributed by atoms with Crippen molar-refractivity contribution in [3.63, 3.8) is 0 Å². The van der Waals surface area contributed by atoms with Gasteiger partial charge in [-0.15, -0.1) is 0 Å². The van der Waals surface area contributed by atoms with Crippen molar-refractivity contribution in [2.24, 2.45) is 7.05 Å². The Morgan fingerprint density at radius 3 is 2.80 bits per heavy atom. The summed E-state index contributed by atoms with van der Waals surface area (Å²) in [4.78, 5) is 18.3. The number of ether oxygens (including phenoxy) is 2. The van der Waals surface area contributed by atoms with Gasteiger partial charge in [-0.25, -0.2) is 4.79 Å². The lowest BCUT2D eigenvalue weighted by molar-refractivity contribution is 0.0683. The molecule has 1 aliphatic carbocycles. The minimum Gasteiger partial charge on any atom is -0.493 e. The number of aromatic carboxylic acids is 1. The van der Waals surface area contributed by atoms with Crippen LogP contribution >= 0.6 is 0 Å².